The maximum absolute atomic E-state index is 5.94. The molecule has 2 N–H and O–H groups in total. The van der Waals surface area contributed by atoms with Crippen molar-refractivity contribution in [3.8, 4) is 5.75 Å². The fourth-order valence-electron chi connectivity index (χ4n) is 2.50. The first-order valence-electron chi connectivity index (χ1n) is 8.52. The number of ether oxygens (including phenoxy) is 1. The molecule has 0 atom stereocenters. The zero-order chi connectivity index (χ0) is 16.5. The van der Waals surface area contributed by atoms with Crippen LogP contribution in [0.2, 0.25) is 0 Å². The second kappa shape index (κ2) is 11.3. The third-order valence-corrected chi connectivity index (χ3v) is 3.94. The number of nitrogens with zero attached hydrogens (tertiary/aromatic N) is 1. The number of halogens is 1. The lowest BCUT2D eigenvalue weighted by molar-refractivity contribution is 0.286. The van der Waals surface area contributed by atoms with Crippen LogP contribution in [0.15, 0.2) is 41.4 Å². The summed E-state index contributed by atoms with van der Waals surface area (Å²) in [7, 11) is 1.81. The van der Waals surface area contributed by atoms with Crippen molar-refractivity contribution >= 4 is 29.9 Å². The Morgan fingerprint density at radius 2 is 1.96 bits per heavy atom. The zero-order valence-corrected chi connectivity index (χ0v) is 17.2. The van der Waals surface area contributed by atoms with E-state index in [-0.39, 0.29) is 24.0 Å². The molecule has 134 valence electrons. The molecule has 0 amide bonds. The molecule has 4 nitrogen and oxygen atoms in total. The minimum Gasteiger partial charge on any atom is -0.493 e. The Labute approximate surface area is 163 Å². The van der Waals surface area contributed by atoms with E-state index >= 15 is 0 Å². The van der Waals surface area contributed by atoms with E-state index in [1.165, 1.54) is 0 Å². The van der Waals surface area contributed by atoms with Gasteiger partial charge < -0.3 is 15.4 Å². The van der Waals surface area contributed by atoms with Gasteiger partial charge in [0.25, 0.3) is 0 Å². The van der Waals surface area contributed by atoms with Crippen molar-refractivity contribution in [1.82, 2.24) is 10.6 Å². The Morgan fingerprint density at radius 3 is 2.62 bits per heavy atom. The summed E-state index contributed by atoms with van der Waals surface area (Å²) in [5.41, 5.74) is 1.16. The molecule has 1 aliphatic rings. The number of nitrogens with one attached hydrogen (secondary N) is 2. The molecule has 0 bridgehead atoms. The monoisotopic (exact) mass is 443 g/mol. The lowest BCUT2D eigenvalue weighted by Crippen LogP contribution is -2.42. The van der Waals surface area contributed by atoms with Crippen molar-refractivity contribution in [2.45, 2.75) is 45.7 Å². The van der Waals surface area contributed by atoms with Gasteiger partial charge in [-0.3, -0.25) is 4.99 Å². The van der Waals surface area contributed by atoms with E-state index in [0.717, 1.165) is 43.1 Å². The average molecular weight is 443 g/mol. The first-order chi connectivity index (χ1) is 11.2. The predicted octanol–water partition coefficient (Wildman–Crippen LogP) is 4.11. The van der Waals surface area contributed by atoms with Gasteiger partial charge in [0.2, 0.25) is 0 Å². The molecular formula is C19H30IN3O. The summed E-state index contributed by atoms with van der Waals surface area (Å²) in [6.07, 6.45) is 7.62. The molecule has 0 spiro atoms. The summed E-state index contributed by atoms with van der Waals surface area (Å²) >= 11 is 0. The Kier molecular flexibility index (Phi) is 9.83. The van der Waals surface area contributed by atoms with Crippen LogP contribution in [0.3, 0.4) is 0 Å². The second-order valence-corrected chi connectivity index (χ2v) is 6.35. The minimum atomic E-state index is 0. The van der Waals surface area contributed by atoms with Crippen molar-refractivity contribution in [1.29, 1.82) is 0 Å². The molecule has 5 heteroatoms. The van der Waals surface area contributed by atoms with Crippen molar-refractivity contribution in [2.75, 3.05) is 13.7 Å². The maximum Gasteiger partial charge on any atom is 0.191 e. The topological polar surface area (TPSA) is 45.7 Å². The van der Waals surface area contributed by atoms with E-state index in [0.29, 0.717) is 18.5 Å². The van der Waals surface area contributed by atoms with Crippen LogP contribution >= 0.6 is 24.0 Å². The minimum absolute atomic E-state index is 0. The van der Waals surface area contributed by atoms with Crippen LogP contribution in [0, 0.1) is 5.92 Å². The summed E-state index contributed by atoms with van der Waals surface area (Å²) in [4.78, 5) is 4.31. The lowest BCUT2D eigenvalue weighted by atomic mass is 10.1. The van der Waals surface area contributed by atoms with Crippen LogP contribution in [0.25, 0.3) is 0 Å². The van der Waals surface area contributed by atoms with Crippen LogP contribution in [-0.4, -0.2) is 25.7 Å². The molecular weight excluding hydrogens is 413 g/mol. The number of benzene rings is 1. The highest BCUT2D eigenvalue weighted by molar-refractivity contribution is 14.0. The molecule has 0 heterocycles. The zero-order valence-electron chi connectivity index (χ0n) is 14.9. The number of para-hydroxylation sites is 1. The molecule has 2 rings (SSSR count). The van der Waals surface area contributed by atoms with Crippen molar-refractivity contribution < 1.29 is 4.74 Å². The second-order valence-electron chi connectivity index (χ2n) is 6.35. The van der Waals surface area contributed by atoms with E-state index in [1.807, 2.05) is 25.2 Å². The molecule has 0 aromatic heterocycles. The third-order valence-electron chi connectivity index (χ3n) is 3.94. The molecule has 0 aliphatic heterocycles. The normalized spacial score (nSPS) is 14.6. The SMILES string of the molecule is CN=C(NCc1ccccc1OCCC(C)C)NC1CC=CC1.I. The highest BCUT2D eigenvalue weighted by Crippen LogP contribution is 2.18. The van der Waals surface area contributed by atoms with Gasteiger partial charge in [0, 0.05) is 25.2 Å². The molecule has 0 saturated heterocycles. The standard InChI is InChI=1S/C19H29N3O.HI/c1-15(2)12-13-23-18-11-7-4-8-16(18)14-21-19(20-3)22-17-9-5-6-10-17;/h4-8,11,15,17H,9-10,12-14H2,1-3H3,(H2,20,21,22);1H. The van der Waals surface area contributed by atoms with Crippen LogP contribution in [0.1, 0.15) is 38.7 Å². The van der Waals surface area contributed by atoms with Gasteiger partial charge in [-0.25, -0.2) is 0 Å². The quantitative estimate of drug-likeness (QED) is 0.289. The van der Waals surface area contributed by atoms with E-state index in [9.17, 15) is 0 Å². The number of rotatable bonds is 7. The summed E-state index contributed by atoms with van der Waals surface area (Å²) in [5, 5.41) is 6.83. The maximum atomic E-state index is 5.94. The van der Waals surface area contributed by atoms with Crippen molar-refractivity contribution in [2.24, 2.45) is 10.9 Å². The van der Waals surface area contributed by atoms with Crippen molar-refractivity contribution in [3.05, 3.63) is 42.0 Å². The summed E-state index contributed by atoms with van der Waals surface area (Å²) in [6, 6.07) is 8.66. The summed E-state index contributed by atoms with van der Waals surface area (Å²) in [5.74, 6) is 2.46. The average Bonchev–Trinajstić information content (AvgIpc) is 3.05. The number of hydrogen-bond donors (Lipinski definition) is 2. The smallest absolute Gasteiger partial charge is 0.191 e. The van der Waals surface area contributed by atoms with Gasteiger partial charge in [0.1, 0.15) is 5.75 Å². The molecule has 0 radical (unpaired) electrons. The van der Waals surface area contributed by atoms with E-state index in [2.05, 4.69) is 47.7 Å². The molecule has 1 aromatic carbocycles. The molecule has 1 aromatic rings. The fourth-order valence-corrected chi connectivity index (χ4v) is 2.50. The van der Waals surface area contributed by atoms with Crippen molar-refractivity contribution in [3.63, 3.8) is 0 Å². The predicted molar refractivity (Wildman–Crippen MR) is 112 cm³/mol. The highest BCUT2D eigenvalue weighted by Gasteiger charge is 2.12. The van der Waals surface area contributed by atoms with Crippen LogP contribution < -0.4 is 15.4 Å². The number of aliphatic imine (C=N–C) groups is 1. The molecule has 0 saturated carbocycles. The first kappa shape index (κ1) is 20.8. The van der Waals surface area contributed by atoms with Gasteiger partial charge in [0.15, 0.2) is 5.96 Å². The number of guanidine groups is 1. The molecule has 0 fully saturated rings. The van der Waals surface area contributed by atoms with Gasteiger partial charge in [-0.05, 0) is 31.2 Å². The van der Waals surface area contributed by atoms with E-state index < -0.39 is 0 Å². The molecule has 24 heavy (non-hydrogen) atoms. The Bertz CT molecular complexity index is 535. The van der Waals surface area contributed by atoms with Gasteiger partial charge in [-0.1, -0.05) is 44.2 Å². The first-order valence-corrected chi connectivity index (χ1v) is 8.52. The Balaban J connectivity index is 0.00000288. The fraction of sp³-hybridized carbons (Fsp3) is 0.526. The summed E-state index contributed by atoms with van der Waals surface area (Å²) < 4.78 is 5.94. The van der Waals surface area contributed by atoms with E-state index in [4.69, 9.17) is 4.74 Å². The summed E-state index contributed by atoms with van der Waals surface area (Å²) in [6.45, 7) is 5.89. The Hall–Kier alpha value is -1.24. The highest BCUT2D eigenvalue weighted by atomic mass is 127. The van der Waals surface area contributed by atoms with Gasteiger partial charge in [0.05, 0.1) is 6.61 Å². The Morgan fingerprint density at radius 1 is 1.25 bits per heavy atom. The van der Waals surface area contributed by atoms with Gasteiger partial charge >= 0.3 is 0 Å². The van der Waals surface area contributed by atoms with Crippen LogP contribution in [-0.2, 0) is 6.54 Å². The van der Waals surface area contributed by atoms with Gasteiger partial charge in [-0.15, -0.1) is 24.0 Å². The molecule has 1 aliphatic carbocycles. The van der Waals surface area contributed by atoms with E-state index in [1.54, 1.807) is 0 Å². The van der Waals surface area contributed by atoms with Crippen LogP contribution in [0.5, 0.6) is 5.75 Å². The van der Waals surface area contributed by atoms with Gasteiger partial charge in [-0.2, -0.15) is 0 Å². The van der Waals surface area contributed by atoms with Crippen LogP contribution in [0.4, 0.5) is 0 Å². The molecule has 0 unspecified atom stereocenters. The number of hydrogen-bond acceptors (Lipinski definition) is 2. The third kappa shape index (κ3) is 7.11. The lowest BCUT2D eigenvalue weighted by Gasteiger charge is -2.18. The largest absolute Gasteiger partial charge is 0.493 e.